The van der Waals surface area contributed by atoms with Gasteiger partial charge < -0.3 is 5.32 Å². The summed E-state index contributed by atoms with van der Waals surface area (Å²) in [5, 5.41) is 18.8. The predicted octanol–water partition coefficient (Wildman–Crippen LogP) is 2.51. The first-order valence-corrected chi connectivity index (χ1v) is 7.37. The zero-order chi connectivity index (χ0) is 13.9. The number of aromatic amines is 1. The molecular formula is C14H22N6. The summed E-state index contributed by atoms with van der Waals surface area (Å²) in [5.41, 5.74) is 3.44. The molecule has 0 aromatic carbocycles. The molecule has 0 aliphatic heterocycles. The molecule has 2 N–H and O–H groups in total. The van der Waals surface area contributed by atoms with E-state index in [1.165, 1.54) is 43.4 Å². The SMILES string of the molecule is Cc1n[nH]nc1NCc1cn(C)nc1C1CCCCC1. The zero-order valence-corrected chi connectivity index (χ0v) is 12.2. The number of aromatic nitrogens is 5. The van der Waals surface area contributed by atoms with Crippen molar-refractivity contribution in [2.45, 2.75) is 51.5 Å². The highest BCUT2D eigenvalue weighted by Gasteiger charge is 2.21. The molecule has 6 nitrogen and oxygen atoms in total. The maximum Gasteiger partial charge on any atom is 0.171 e. The lowest BCUT2D eigenvalue weighted by Gasteiger charge is -2.21. The van der Waals surface area contributed by atoms with E-state index in [1.807, 2.05) is 18.7 Å². The van der Waals surface area contributed by atoms with Crippen LogP contribution in [0.15, 0.2) is 6.20 Å². The van der Waals surface area contributed by atoms with Gasteiger partial charge in [0.2, 0.25) is 0 Å². The van der Waals surface area contributed by atoms with E-state index in [1.54, 1.807) is 0 Å². The molecule has 0 saturated heterocycles. The van der Waals surface area contributed by atoms with Crippen molar-refractivity contribution >= 4 is 5.82 Å². The number of H-pyrrole nitrogens is 1. The molecule has 0 unspecified atom stereocenters. The molecule has 1 aliphatic carbocycles. The lowest BCUT2D eigenvalue weighted by Crippen LogP contribution is -2.10. The Morgan fingerprint density at radius 3 is 2.80 bits per heavy atom. The quantitative estimate of drug-likeness (QED) is 0.898. The van der Waals surface area contributed by atoms with Gasteiger partial charge in [0.15, 0.2) is 5.82 Å². The number of aryl methyl sites for hydroxylation is 2. The van der Waals surface area contributed by atoms with Gasteiger partial charge in [-0.05, 0) is 19.8 Å². The van der Waals surface area contributed by atoms with Gasteiger partial charge in [-0.1, -0.05) is 19.3 Å². The van der Waals surface area contributed by atoms with Crippen molar-refractivity contribution in [2.24, 2.45) is 7.05 Å². The summed E-state index contributed by atoms with van der Waals surface area (Å²) >= 11 is 0. The van der Waals surface area contributed by atoms with Crippen LogP contribution in [0.1, 0.15) is 55.0 Å². The van der Waals surface area contributed by atoms with E-state index >= 15 is 0 Å². The Bertz CT molecular complexity index is 564. The highest BCUT2D eigenvalue weighted by molar-refractivity contribution is 5.39. The van der Waals surface area contributed by atoms with Gasteiger partial charge in [0, 0.05) is 31.3 Å². The molecule has 6 heteroatoms. The molecule has 1 fully saturated rings. The minimum atomic E-state index is 0.625. The van der Waals surface area contributed by atoms with Crippen molar-refractivity contribution in [2.75, 3.05) is 5.32 Å². The van der Waals surface area contributed by atoms with Crippen molar-refractivity contribution in [3.8, 4) is 0 Å². The van der Waals surface area contributed by atoms with E-state index in [9.17, 15) is 0 Å². The normalized spacial score (nSPS) is 16.5. The van der Waals surface area contributed by atoms with Gasteiger partial charge in [0.1, 0.15) is 5.69 Å². The average molecular weight is 274 g/mol. The van der Waals surface area contributed by atoms with Crippen molar-refractivity contribution in [1.29, 1.82) is 0 Å². The van der Waals surface area contributed by atoms with E-state index in [-0.39, 0.29) is 0 Å². The lowest BCUT2D eigenvalue weighted by molar-refractivity contribution is 0.432. The van der Waals surface area contributed by atoms with E-state index in [0.717, 1.165) is 18.1 Å². The van der Waals surface area contributed by atoms with Crippen LogP contribution in [-0.2, 0) is 13.6 Å². The van der Waals surface area contributed by atoms with Crippen molar-refractivity contribution in [3.05, 3.63) is 23.1 Å². The highest BCUT2D eigenvalue weighted by atomic mass is 15.4. The Hall–Kier alpha value is -1.85. The Morgan fingerprint density at radius 1 is 1.30 bits per heavy atom. The summed E-state index contributed by atoms with van der Waals surface area (Å²) in [6.07, 6.45) is 8.69. The molecule has 2 aromatic heterocycles. The number of nitrogens with one attached hydrogen (secondary N) is 2. The van der Waals surface area contributed by atoms with Gasteiger partial charge in [-0.15, -0.1) is 5.10 Å². The number of rotatable bonds is 4. The topological polar surface area (TPSA) is 71.4 Å². The molecule has 108 valence electrons. The van der Waals surface area contributed by atoms with Gasteiger partial charge >= 0.3 is 0 Å². The molecule has 20 heavy (non-hydrogen) atoms. The van der Waals surface area contributed by atoms with Crippen LogP contribution in [0.25, 0.3) is 0 Å². The molecule has 2 aromatic rings. The van der Waals surface area contributed by atoms with Crippen LogP contribution >= 0.6 is 0 Å². The molecule has 0 atom stereocenters. The van der Waals surface area contributed by atoms with Crippen LogP contribution < -0.4 is 5.32 Å². The molecular weight excluding hydrogens is 252 g/mol. The third-order valence-corrected chi connectivity index (χ3v) is 4.10. The first kappa shape index (κ1) is 13.1. The summed E-state index contributed by atoms with van der Waals surface area (Å²) in [6, 6.07) is 0. The zero-order valence-electron chi connectivity index (χ0n) is 12.2. The summed E-state index contributed by atoms with van der Waals surface area (Å²) in [6.45, 7) is 2.70. The molecule has 1 aliphatic rings. The molecule has 0 bridgehead atoms. The van der Waals surface area contributed by atoms with Gasteiger partial charge in [0.25, 0.3) is 0 Å². The first-order chi connectivity index (χ1) is 9.74. The fourth-order valence-electron chi connectivity index (χ4n) is 3.04. The summed E-state index contributed by atoms with van der Waals surface area (Å²) in [7, 11) is 2.00. The number of hydrogen-bond acceptors (Lipinski definition) is 4. The Morgan fingerprint density at radius 2 is 2.10 bits per heavy atom. The van der Waals surface area contributed by atoms with Crippen LogP contribution in [-0.4, -0.2) is 25.2 Å². The second kappa shape index (κ2) is 5.64. The fourth-order valence-corrected chi connectivity index (χ4v) is 3.04. The Balaban J connectivity index is 1.74. The number of hydrogen-bond donors (Lipinski definition) is 2. The van der Waals surface area contributed by atoms with E-state index in [0.29, 0.717) is 5.92 Å². The van der Waals surface area contributed by atoms with Gasteiger partial charge in [0.05, 0.1) is 5.69 Å². The second-order valence-electron chi connectivity index (χ2n) is 5.66. The predicted molar refractivity (Wildman–Crippen MR) is 77.5 cm³/mol. The summed E-state index contributed by atoms with van der Waals surface area (Å²) < 4.78 is 1.93. The summed E-state index contributed by atoms with van der Waals surface area (Å²) in [4.78, 5) is 0. The molecule has 0 radical (unpaired) electrons. The minimum Gasteiger partial charge on any atom is -0.363 e. The van der Waals surface area contributed by atoms with E-state index < -0.39 is 0 Å². The minimum absolute atomic E-state index is 0.625. The van der Waals surface area contributed by atoms with Crippen LogP contribution in [0.5, 0.6) is 0 Å². The molecule has 3 rings (SSSR count). The fraction of sp³-hybridized carbons (Fsp3) is 0.643. The highest BCUT2D eigenvalue weighted by Crippen LogP contribution is 2.33. The Kier molecular flexibility index (Phi) is 3.71. The Labute approximate surface area is 119 Å². The summed E-state index contributed by atoms with van der Waals surface area (Å²) in [5.74, 6) is 1.45. The van der Waals surface area contributed by atoms with Crippen LogP contribution in [0, 0.1) is 6.92 Å². The second-order valence-corrected chi connectivity index (χ2v) is 5.66. The van der Waals surface area contributed by atoms with Crippen LogP contribution in [0.4, 0.5) is 5.82 Å². The van der Waals surface area contributed by atoms with Crippen molar-refractivity contribution < 1.29 is 0 Å². The van der Waals surface area contributed by atoms with Gasteiger partial charge in [-0.25, -0.2) is 0 Å². The largest absolute Gasteiger partial charge is 0.363 e. The monoisotopic (exact) mass is 274 g/mol. The molecule has 0 spiro atoms. The molecule has 0 amide bonds. The van der Waals surface area contributed by atoms with Gasteiger partial charge in [-0.3, -0.25) is 4.68 Å². The maximum absolute atomic E-state index is 4.69. The number of nitrogens with zero attached hydrogens (tertiary/aromatic N) is 4. The third-order valence-electron chi connectivity index (χ3n) is 4.10. The van der Waals surface area contributed by atoms with E-state index in [4.69, 9.17) is 0 Å². The number of anilines is 1. The average Bonchev–Trinajstić information content (AvgIpc) is 3.03. The standard InChI is InChI=1S/C14H22N6/c1-10-14(17-19-16-10)15-8-12-9-20(2)18-13(12)11-6-4-3-5-7-11/h9,11H,3-8H2,1-2H3,(H2,15,16,17,19). The first-order valence-electron chi connectivity index (χ1n) is 7.37. The van der Waals surface area contributed by atoms with Crippen LogP contribution in [0.3, 0.4) is 0 Å². The van der Waals surface area contributed by atoms with E-state index in [2.05, 4.69) is 32.0 Å². The smallest absolute Gasteiger partial charge is 0.171 e. The molecule has 2 heterocycles. The van der Waals surface area contributed by atoms with Crippen molar-refractivity contribution in [1.82, 2.24) is 25.2 Å². The van der Waals surface area contributed by atoms with Crippen LogP contribution in [0.2, 0.25) is 0 Å². The molecule has 1 saturated carbocycles. The van der Waals surface area contributed by atoms with Crippen molar-refractivity contribution in [3.63, 3.8) is 0 Å². The maximum atomic E-state index is 4.69. The van der Waals surface area contributed by atoms with Gasteiger partial charge in [-0.2, -0.15) is 15.4 Å². The lowest BCUT2D eigenvalue weighted by atomic mass is 9.85. The third kappa shape index (κ3) is 2.69.